The van der Waals surface area contributed by atoms with E-state index in [1.807, 2.05) is 0 Å². The van der Waals surface area contributed by atoms with Crippen molar-refractivity contribution in [3.63, 3.8) is 0 Å². The van der Waals surface area contributed by atoms with E-state index >= 15 is 0 Å². The summed E-state index contributed by atoms with van der Waals surface area (Å²) in [5.41, 5.74) is 0. The van der Waals surface area contributed by atoms with Crippen LogP contribution in [0.5, 0.6) is 0 Å². The molecule has 3 heteroatoms. The summed E-state index contributed by atoms with van der Waals surface area (Å²) in [4.78, 5) is 1.64. The van der Waals surface area contributed by atoms with Gasteiger partial charge in [0.25, 0.3) is 5.92 Å². The summed E-state index contributed by atoms with van der Waals surface area (Å²) in [5.74, 6) is -2.41. The summed E-state index contributed by atoms with van der Waals surface area (Å²) >= 11 is 0. The molecule has 0 aromatic carbocycles. The number of likely N-dealkylation sites (tertiary alicyclic amines) is 1. The van der Waals surface area contributed by atoms with Gasteiger partial charge >= 0.3 is 0 Å². The summed E-state index contributed by atoms with van der Waals surface area (Å²) in [6.45, 7) is 4.72. The van der Waals surface area contributed by atoms with Crippen LogP contribution in [0.4, 0.5) is 8.78 Å². The molecule has 68 valence electrons. The summed E-state index contributed by atoms with van der Waals surface area (Å²) in [6.07, 6.45) is 1.28. The highest BCUT2D eigenvalue weighted by Gasteiger charge is 2.35. The van der Waals surface area contributed by atoms with Crippen LogP contribution in [0.15, 0.2) is 0 Å². The molecule has 0 unspecified atom stereocenters. The van der Waals surface area contributed by atoms with Crippen molar-refractivity contribution in [3.8, 4) is 0 Å². The Morgan fingerprint density at radius 3 is 1.91 bits per heavy atom. The molecule has 0 aromatic rings. The lowest BCUT2D eigenvalue weighted by molar-refractivity contribution is 0.0146. The molecular formula is C8H17F2N. The molecule has 0 aromatic heterocycles. The molecule has 0 aliphatic carbocycles. The van der Waals surface area contributed by atoms with Gasteiger partial charge in [0.2, 0.25) is 0 Å². The van der Waals surface area contributed by atoms with Crippen molar-refractivity contribution in [3.05, 3.63) is 0 Å². The van der Waals surface area contributed by atoms with Crippen LogP contribution in [-0.4, -0.2) is 31.0 Å². The van der Waals surface area contributed by atoms with Crippen molar-refractivity contribution < 1.29 is 8.78 Å². The summed E-state index contributed by atoms with van der Waals surface area (Å²) in [5, 5.41) is 0. The van der Waals surface area contributed by atoms with Crippen molar-refractivity contribution in [1.29, 1.82) is 0 Å². The monoisotopic (exact) mass is 165 g/mol. The maximum absolute atomic E-state index is 12.2. The maximum Gasteiger partial charge on any atom is 0.261 e. The van der Waals surface area contributed by atoms with Crippen molar-refractivity contribution in [1.82, 2.24) is 4.90 Å². The predicted octanol–water partition coefficient (Wildman–Crippen LogP) is 2.37. The zero-order valence-corrected chi connectivity index (χ0v) is 7.53. The van der Waals surface area contributed by atoms with Gasteiger partial charge in [-0.2, -0.15) is 0 Å². The van der Waals surface area contributed by atoms with E-state index in [-0.39, 0.29) is 13.0 Å². The van der Waals surface area contributed by atoms with Gasteiger partial charge in [-0.15, -0.1) is 0 Å². The van der Waals surface area contributed by atoms with Crippen LogP contribution in [0.1, 0.15) is 26.7 Å². The number of halogens is 2. The zero-order chi connectivity index (χ0) is 8.91. The highest BCUT2D eigenvalue weighted by molar-refractivity contribution is 4.78. The lowest BCUT2D eigenvalue weighted by Gasteiger charge is -2.06. The van der Waals surface area contributed by atoms with Crippen LogP contribution in [0, 0.1) is 0 Å². The average Bonchev–Trinajstić information content (AvgIpc) is 2.11. The first kappa shape index (κ1) is 10.8. The van der Waals surface area contributed by atoms with E-state index in [0.717, 1.165) is 0 Å². The Morgan fingerprint density at radius 1 is 1.36 bits per heavy atom. The second kappa shape index (κ2) is 4.65. The lowest BCUT2D eigenvalue weighted by atomic mass is 10.3. The normalized spacial score (nSPS) is 22.6. The smallest absolute Gasteiger partial charge is 0.261 e. The van der Waals surface area contributed by atoms with Crippen molar-refractivity contribution in [2.24, 2.45) is 0 Å². The first-order chi connectivity index (χ1) is 5.02. The number of alkyl halides is 2. The zero-order valence-electron chi connectivity index (χ0n) is 7.53. The maximum atomic E-state index is 12.2. The Bertz CT molecular complexity index is 104. The third-order valence-corrected chi connectivity index (χ3v) is 1.36. The number of hydrogen-bond donors (Lipinski definition) is 0. The van der Waals surface area contributed by atoms with Crippen LogP contribution in [0.25, 0.3) is 0 Å². The fourth-order valence-corrected chi connectivity index (χ4v) is 0.907. The molecule has 1 aliphatic heterocycles. The van der Waals surface area contributed by atoms with Gasteiger partial charge in [-0.25, -0.2) is 8.78 Å². The highest BCUT2D eigenvalue weighted by atomic mass is 19.3. The number of hydrogen-bond acceptors (Lipinski definition) is 1. The molecule has 0 atom stereocenters. The molecule has 1 nitrogen and oxygen atoms in total. The number of rotatable bonds is 0. The van der Waals surface area contributed by atoms with E-state index in [1.54, 1.807) is 11.9 Å². The first-order valence-corrected chi connectivity index (χ1v) is 4.08. The van der Waals surface area contributed by atoms with E-state index < -0.39 is 5.92 Å². The van der Waals surface area contributed by atoms with Gasteiger partial charge in [0, 0.05) is 13.0 Å². The predicted molar refractivity (Wildman–Crippen MR) is 43.0 cm³/mol. The lowest BCUT2D eigenvalue weighted by Crippen LogP contribution is -2.21. The van der Waals surface area contributed by atoms with E-state index in [0.29, 0.717) is 6.54 Å². The molecular weight excluding hydrogens is 148 g/mol. The minimum absolute atomic E-state index is 0.0312. The van der Waals surface area contributed by atoms with Gasteiger partial charge in [0.1, 0.15) is 0 Å². The molecule has 0 bridgehead atoms. The van der Waals surface area contributed by atoms with Gasteiger partial charge in [0.15, 0.2) is 0 Å². The Hall–Kier alpha value is -0.180. The summed E-state index contributed by atoms with van der Waals surface area (Å²) in [6, 6.07) is 0. The molecule has 0 radical (unpaired) electrons. The van der Waals surface area contributed by atoms with Gasteiger partial charge in [-0.3, -0.25) is 0 Å². The van der Waals surface area contributed by atoms with E-state index in [4.69, 9.17) is 0 Å². The Balaban J connectivity index is 0.000000292. The van der Waals surface area contributed by atoms with Crippen molar-refractivity contribution >= 4 is 0 Å². The first-order valence-electron chi connectivity index (χ1n) is 4.08. The average molecular weight is 165 g/mol. The molecule has 0 saturated carbocycles. The molecule has 1 fully saturated rings. The second-order valence-electron chi connectivity index (χ2n) is 3.05. The minimum Gasteiger partial charge on any atom is -0.300 e. The van der Waals surface area contributed by atoms with Gasteiger partial charge in [-0.1, -0.05) is 20.3 Å². The van der Waals surface area contributed by atoms with E-state index in [1.165, 1.54) is 6.42 Å². The van der Waals surface area contributed by atoms with Crippen molar-refractivity contribution in [2.45, 2.75) is 32.6 Å². The van der Waals surface area contributed by atoms with Crippen LogP contribution in [0.3, 0.4) is 0 Å². The highest BCUT2D eigenvalue weighted by Crippen LogP contribution is 2.24. The van der Waals surface area contributed by atoms with Gasteiger partial charge in [-0.05, 0) is 7.05 Å². The fraction of sp³-hybridized carbons (Fsp3) is 1.00. The van der Waals surface area contributed by atoms with Gasteiger partial charge in [0.05, 0.1) is 6.54 Å². The molecule has 11 heavy (non-hydrogen) atoms. The SMILES string of the molecule is CCC.CN1CCC(F)(F)C1. The molecule has 1 aliphatic rings. The standard InChI is InChI=1S/C5H9F2N.C3H8/c1-8-3-2-5(6,7)4-8;1-3-2/h2-4H2,1H3;3H2,1-2H3. The molecule has 1 rings (SSSR count). The van der Waals surface area contributed by atoms with Crippen LogP contribution < -0.4 is 0 Å². The van der Waals surface area contributed by atoms with Crippen LogP contribution in [-0.2, 0) is 0 Å². The van der Waals surface area contributed by atoms with Crippen LogP contribution in [0.2, 0.25) is 0 Å². The minimum atomic E-state index is -2.41. The molecule has 1 heterocycles. The Morgan fingerprint density at radius 2 is 1.82 bits per heavy atom. The van der Waals surface area contributed by atoms with Gasteiger partial charge < -0.3 is 4.90 Å². The second-order valence-corrected chi connectivity index (χ2v) is 3.05. The largest absolute Gasteiger partial charge is 0.300 e. The summed E-state index contributed by atoms with van der Waals surface area (Å²) < 4.78 is 24.3. The van der Waals surface area contributed by atoms with Crippen molar-refractivity contribution in [2.75, 3.05) is 20.1 Å². The third kappa shape index (κ3) is 5.13. The van der Waals surface area contributed by atoms with E-state index in [9.17, 15) is 8.78 Å². The topological polar surface area (TPSA) is 3.24 Å². The fourth-order valence-electron chi connectivity index (χ4n) is 0.907. The van der Waals surface area contributed by atoms with E-state index in [2.05, 4.69) is 13.8 Å². The molecule has 0 amide bonds. The van der Waals surface area contributed by atoms with Crippen LogP contribution >= 0.6 is 0 Å². The molecule has 0 spiro atoms. The molecule has 1 saturated heterocycles. The summed E-state index contributed by atoms with van der Waals surface area (Å²) in [7, 11) is 1.71. The Kier molecular flexibility index (Phi) is 4.57. The Labute approximate surface area is 67.4 Å². The third-order valence-electron chi connectivity index (χ3n) is 1.36. The molecule has 0 N–H and O–H groups in total. The number of nitrogens with zero attached hydrogens (tertiary/aromatic N) is 1. The quantitative estimate of drug-likeness (QED) is 0.532.